The van der Waals surface area contributed by atoms with Gasteiger partial charge in [0.1, 0.15) is 0 Å². The SMILES string of the molecule is c1cc(C[n+]2ccccc2C2OCCO2)cc(C[n+]2ccccc2C2OCCO2)c1. The van der Waals surface area contributed by atoms with Crippen LogP contribution in [0.3, 0.4) is 0 Å². The van der Waals surface area contributed by atoms with Gasteiger partial charge in [-0.2, -0.15) is 9.13 Å². The molecule has 6 heteroatoms. The molecule has 0 atom stereocenters. The van der Waals surface area contributed by atoms with E-state index >= 15 is 0 Å². The van der Waals surface area contributed by atoms with Crippen molar-refractivity contribution in [1.29, 1.82) is 0 Å². The van der Waals surface area contributed by atoms with E-state index < -0.39 is 0 Å². The molecule has 2 aromatic heterocycles. The van der Waals surface area contributed by atoms with E-state index in [2.05, 4.69) is 57.9 Å². The molecular formula is C24H26N2O4+2. The van der Waals surface area contributed by atoms with E-state index in [1.807, 2.05) is 24.3 Å². The Kier molecular flexibility index (Phi) is 5.81. The fourth-order valence-electron chi connectivity index (χ4n) is 3.97. The minimum Gasteiger partial charge on any atom is -0.341 e. The molecule has 1 aromatic carbocycles. The molecule has 6 nitrogen and oxygen atoms in total. The van der Waals surface area contributed by atoms with Crippen LogP contribution in [0.25, 0.3) is 0 Å². The lowest BCUT2D eigenvalue weighted by molar-refractivity contribution is -0.702. The molecule has 5 rings (SSSR count). The number of benzene rings is 1. The number of ether oxygens (including phenoxy) is 4. The first-order valence-corrected chi connectivity index (χ1v) is 10.4. The molecule has 0 N–H and O–H groups in total. The highest BCUT2D eigenvalue weighted by molar-refractivity contribution is 5.22. The summed E-state index contributed by atoms with van der Waals surface area (Å²) in [5.41, 5.74) is 4.54. The van der Waals surface area contributed by atoms with Gasteiger partial charge in [-0.1, -0.05) is 18.2 Å². The third kappa shape index (κ3) is 4.27. The Morgan fingerprint density at radius 2 is 1.07 bits per heavy atom. The summed E-state index contributed by atoms with van der Waals surface area (Å²) in [6, 6.07) is 20.9. The molecule has 154 valence electrons. The lowest BCUT2D eigenvalue weighted by Crippen LogP contribution is -2.41. The van der Waals surface area contributed by atoms with Gasteiger partial charge in [0.2, 0.25) is 24.0 Å². The minimum absolute atomic E-state index is 0.289. The second-order valence-electron chi connectivity index (χ2n) is 7.47. The van der Waals surface area contributed by atoms with Crippen LogP contribution in [-0.2, 0) is 32.0 Å². The highest BCUT2D eigenvalue weighted by Gasteiger charge is 2.28. The van der Waals surface area contributed by atoms with Crippen molar-refractivity contribution in [3.8, 4) is 0 Å². The van der Waals surface area contributed by atoms with Gasteiger partial charge in [0.15, 0.2) is 25.5 Å². The van der Waals surface area contributed by atoms with Crippen molar-refractivity contribution in [2.45, 2.75) is 25.7 Å². The highest BCUT2D eigenvalue weighted by atomic mass is 16.7. The number of nitrogens with zero attached hydrogens (tertiary/aromatic N) is 2. The molecule has 0 aliphatic carbocycles. The van der Waals surface area contributed by atoms with Crippen molar-refractivity contribution in [1.82, 2.24) is 0 Å². The third-order valence-electron chi connectivity index (χ3n) is 5.38. The molecule has 2 fully saturated rings. The van der Waals surface area contributed by atoms with Crippen LogP contribution in [0.5, 0.6) is 0 Å². The van der Waals surface area contributed by atoms with Gasteiger partial charge in [-0.3, -0.25) is 0 Å². The highest BCUT2D eigenvalue weighted by Crippen LogP contribution is 2.21. The Morgan fingerprint density at radius 3 is 1.53 bits per heavy atom. The Hall–Kier alpha value is -2.64. The van der Waals surface area contributed by atoms with E-state index in [-0.39, 0.29) is 12.6 Å². The summed E-state index contributed by atoms with van der Waals surface area (Å²) in [6.45, 7) is 4.07. The predicted octanol–water partition coefficient (Wildman–Crippen LogP) is 2.45. The van der Waals surface area contributed by atoms with Gasteiger partial charge in [0, 0.05) is 35.4 Å². The number of pyridine rings is 2. The molecule has 2 aliphatic rings. The van der Waals surface area contributed by atoms with Gasteiger partial charge in [0.25, 0.3) is 0 Å². The molecule has 0 spiro atoms. The van der Waals surface area contributed by atoms with Crippen molar-refractivity contribution in [3.05, 3.63) is 95.6 Å². The van der Waals surface area contributed by atoms with Crippen LogP contribution in [0, 0.1) is 0 Å². The summed E-state index contributed by atoms with van der Waals surface area (Å²) < 4.78 is 27.2. The van der Waals surface area contributed by atoms with Crippen LogP contribution in [0.4, 0.5) is 0 Å². The average Bonchev–Trinajstić information content (AvgIpc) is 3.50. The lowest BCUT2D eigenvalue weighted by atomic mass is 10.1. The zero-order valence-corrected chi connectivity index (χ0v) is 16.9. The van der Waals surface area contributed by atoms with Gasteiger partial charge in [0.05, 0.1) is 26.4 Å². The zero-order valence-electron chi connectivity index (χ0n) is 16.9. The normalized spacial score (nSPS) is 17.6. The van der Waals surface area contributed by atoms with Crippen molar-refractivity contribution < 1.29 is 28.1 Å². The third-order valence-corrected chi connectivity index (χ3v) is 5.38. The topological polar surface area (TPSA) is 44.7 Å². The Bertz CT molecular complexity index is 921. The first-order valence-electron chi connectivity index (χ1n) is 10.4. The maximum atomic E-state index is 5.71. The Balaban J connectivity index is 1.36. The van der Waals surface area contributed by atoms with E-state index in [1.165, 1.54) is 11.1 Å². The summed E-state index contributed by atoms with van der Waals surface area (Å²) in [7, 11) is 0. The summed E-state index contributed by atoms with van der Waals surface area (Å²) in [4.78, 5) is 0. The molecule has 3 aromatic rings. The van der Waals surface area contributed by atoms with Gasteiger partial charge in [-0.25, -0.2) is 0 Å². The van der Waals surface area contributed by atoms with Gasteiger partial charge < -0.3 is 18.9 Å². The van der Waals surface area contributed by atoms with Crippen LogP contribution in [0.2, 0.25) is 0 Å². The molecule has 2 saturated heterocycles. The number of rotatable bonds is 6. The molecule has 0 saturated carbocycles. The van der Waals surface area contributed by atoms with Gasteiger partial charge in [-0.05, 0) is 18.2 Å². The molecule has 0 radical (unpaired) electrons. The first kappa shape index (κ1) is 19.3. The van der Waals surface area contributed by atoms with Crippen LogP contribution in [0.1, 0.15) is 35.1 Å². The summed E-state index contributed by atoms with van der Waals surface area (Å²) >= 11 is 0. The number of hydrogen-bond donors (Lipinski definition) is 0. The maximum Gasteiger partial charge on any atom is 0.245 e. The summed E-state index contributed by atoms with van der Waals surface area (Å²) in [5, 5.41) is 0. The van der Waals surface area contributed by atoms with Crippen LogP contribution >= 0.6 is 0 Å². The van der Waals surface area contributed by atoms with Crippen LogP contribution in [0.15, 0.2) is 73.1 Å². The number of aromatic nitrogens is 2. The quantitative estimate of drug-likeness (QED) is 0.590. The van der Waals surface area contributed by atoms with Gasteiger partial charge >= 0.3 is 0 Å². The van der Waals surface area contributed by atoms with Crippen molar-refractivity contribution in [3.63, 3.8) is 0 Å². The molecule has 30 heavy (non-hydrogen) atoms. The van der Waals surface area contributed by atoms with E-state index in [9.17, 15) is 0 Å². The lowest BCUT2D eigenvalue weighted by Gasteiger charge is -2.10. The largest absolute Gasteiger partial charge is 0.341 e. The second-order valence-corrected chi connectivity index (χ2v) is 7.47. The van der Waals surface area contributed by atoms with Gasteiger partial charge in [-0.15, -0.1) is 0 Å². The fourth-order valence-corrected chi connectivity index (χ4v) is 3.97. The monoisotopic (exact) mass is 406 g/mol. The molecule has 2 aliphatic heterocycles. The Morgan fingerprint density at radius 1 is 0.600 bits per heavy atom. The molecule has 0 amide bonds. The van der Waals surface area contributed by atoms with Crippen molar-refractivity contribution in [2.24, 2.45) is 0 Å². The molecule has 4 heterocycles. The minimum atomic E-state index is -0.289. The predicted molar refractivity (Wildman–Crippen MR) is 107 cm³/mol. The fraction of sp³-hybridized carbons (Fsp3) is 0.333. The smallest absolute Gasteiger partial charge is 0.245 e. The van der Waals surface area contributed by atoms with E-state index in [4.69, 9.17) is 18.9 Å². The van der Waals surface area contributed by atoms with E-state index in [0.717, 1.165) is 24.5 Å². The average molecular weight is 406 g/mol. The van der Waals surface area contributed by atoms with Crippen molar-refractivity contribution >= 4 is 0 Å². The molecule has 0 unspecified atom stereocenters. The van der Waals surface area contributed by atoms with Crippen LogP contribution in [-0.4, -0.2) is 26.4 Å². The maximum absolute atomic E-state index is 5.71. The second kappa shape index (κ2) is 9.02. The molecule has 0 bridgehead atoms. The van der Waals surface area contributed by atoms with E-state index in [1.54, 1.807) is 0 Å². The van der Waals surface area contributed by atoms with Crippen LogP contribution < -0.4 is 9.13 Å². The zero-order chi connectivity index (χ0) is 20.2. The Labute approximate surface area is 176 Å². The van der Waals surface area contributed by atoms with E-state index in [0.29, 0.717) is 26.4 Å². The number of hydrogen-bond acceptors (Lipinski definition) is 4. The molecular weight excluding hydrogens is 380 g/mol. The van der Waals surface area contributed by atoms with Crippen molar-refractivity contribution in [2.75, 3.05) is 26.4 Å². The first-order chi connectivity index (χ1) is 14.9. The summed E-state index contributed by atoms with van der Waals surface area (Å²) in [6.07, 6.45) is 3.57. The summed E-state index contributed by atoms with van der Waals surface area (Å²) in [5.74, 6) is 0. The standard InChI is InChI=1S/C24H26N2O4/c1-3-10-25(21(8-1)23-27-12-13-28-23)17-19-6-5-7-20(16-19)18-26-11-4-2-9-22(26)24-29-14-15-30-24/h1-11,16,23-24H,12-15,17-18H2/q+2.